The number of rotatable bonds is 6. The molecule has 1 aromatic rings. The van der Waals surface area contributed by atoms with Crippen LogP contribution in [0.25, 0.3) is 0 Å². The van der Waals surface area contributed by atoms with Crippen molar-refractivity contribution < 1.29 is 0 Å². The molecule has 2 atom stereocenters. The third-order valence-electron chi connectivity index (χ3n) is 3.30. The van der Waals surface area contributed by atoms with Crippen LogP contribution in [0.1, 0.15) is 44.9 Å². The molecule has 0 aromatic carbocycles. The molecule has 0 aliphatic rings. The highest BCUT2D eigenvalue weighted by molar-refractivity contribution is 7.80. The number of aromatic nitrogens is 2. The second kappa shape index (κ2) is 6.18. The van der Waals surface area contributed by atoms with E-state index in [1.165, 1.54) is 6.42 Å². The maximum atomic E-state index is 5.77. The van der Waals surface area contributed by atoms with Gasteiger partial charge in [0.05, 0.1) is 11.3 Å². The van der Waals surface area contributed by atoms with Gasteiger partial charge < -0.3 is 11.1 Å². The summed E-state index contributed by atoms with van der Waals surface area (Å²) in [6.07, 6.45) is 2.32. The van der Waals surface area contributed by atoms with Crippen molar-refractivity contribution >= 4 is 23.0 Å². The Kier molecular flexibility index (Phi) is 5.14. The lowest BCUT2D eigenvalue weighted by atomic mass is 10.0. The van der Waals surface area contributed by atoms with Crippen molar-refractivity contribution in [1.82, 2.24) is 9.78 Å². The Morgan fingerprint density at radius 2 is 2.11 bits per heavy atom. The van der Waals surface area contributed by atoms with Crippen LogP contribution in [0.2, 0.25) is 0 Å². The van der Waals surface area contributed by atoms with Crippen LogP contribution in [0.5, 0.6) is 0 Å². The van der Waals surface area contributed by atoms with E-state index in [1.807, 2.05) is 18.7 Å². The highest BCUT2D eigenvalue weighted by Gasteiger charge is 2.17. The molecule has 0 bridgehead atoms. The Bertz CT molecular complexity index is 425. The lowest BCUT2D eigenvalue weighted by Gasteiger charge is -2.19. The Labute approximate surface area is 115 Å². The average Bonchev–Trinajstić information content (AvgIpc) is 2.53. The third-order valence-corrected chi connectivity index (χ3v) is 3.51. The number of nitrogens with two attached hydrogens (primary N) is 1. The van der Waals surface area contributed by atoms with Gasteiger partial charge in [0.2, 0.25) is 0 Å². The Balaban J connectivity index is 2.87. The highest BCUT2D eigenvalue weighted by Crippen LogP contribution is 2.21. The minimum absolute atomic E-state index is 0.378. The van der Waals surface area contributed by atoms with Crippen LogP contribution in [-0.2, 0) is 7.05 Å². The first-order valence-electron chi connectivity index (χ1n) is 6.46. The molecule has 4 nitrogen and oxygen atoms in total. The van der Waals surface area contributed by atoms with Crippen molar-refractivity contribution in [3.05, 3.63) is 11.3 Å². The molecule has 2 unspecified atom stereocenters. The fraction of sp³-hybridized carbons (Fsp3) is 0.692. The molecular weight excluding hydrogens is 244 g/mol. The Morgan fingerprint density at radius 1 is 1.50 bits per heavy atom. The minimum Gasteiger partial charge on any atom is -0.389 e. The number of thiocarbonyl (C=S) groups is 1. The molecule has 1 rings (SSSR count). The van der Waals surface area contributed by atoms with Crippen LogP contribution in [0.4, 0.5) is 5.82 Å². The largest absolute Gasteiger partial charge is 0.389 e. The van der Waals surface area contributed by atoms with Crippen LogP contribution in [0.3, 0.4) is 0 Å². The Morgan fingerprint density at radius 3 is 2.61 bits per heavy atom. The molecule has 102 valence electrons. The summed E-state index contributed by atoms with van der Waals surface area (Å²) in [6.45, 7) is 8.59. The average molecular weight is 268 g/mol. The van der Waals surface area contributed by atoms with Gasteiger partial charge in [0.1, 0.15) is 10.8 Å². The lowest BCUT2D eigenvalue weighted by Crippen LogP contribution is -2.22. The molecule has 0 radical (unpaired) electrons. The highest BCUT2D eigenvalue weighted by atomic mass is 32.1. The van der Waals surface area contributed by atoms with E-state index in [2.05, 4.69) is 31.2 Å². The van der Waals surface area contributed by atoms with E-state index >= 15 is 0 Å². The van der Waals surface area contributed by atoms with Gasteiger partial charge in [-0.15, -0.1) is 0 Å². The maximum Gasteiger partial charge on any atom is 0.134 e. The molecule has 0 spiro atoms. The van der Waals surface area contributed by atoms with Gasteiger partial charge in [-0.05, 0) is 26.2 Å². The summed E-state index contributed by atoms with van der Waals surface area (Å²) < 4.78 is 1.82. The van der Waals surface area contributed by atoms with E-state index in [1.54, 1.807) is 0 Å². The fourth-order valence-corrected chi connectivity index (χ4v) is 2.43. The van der Waals surface area contributed by atoms with Gasteiger partial charge in [0.15, 0.2) is 0 Å². The number of aryl methyl sites for hydroxylation is 2. The van der Waals surface area contributed by atoms with Crippen molar-refractivity contribution in [3.63, 3.8) is 0 Å². The summed E-state index contributed by atoms with van der Waals surface area (Å²) in [4.78, 5) is 0.402. The summed E-state index contributed by atoms with van der Waals surface area (Å²) in [5, 5.41) is 7.85. The first kappa shape index (κ1) is 15.0. The Hall–Kier alpha value is -1.10. The number of hydrogen-bond donors (Lipinski definition) is 2. The summed E-state index contributed by atoms with van der Waals surface area (Å²) >= 11 is 5.10. The van der Waals surface area contributed by atoms with Gasteiger partial charge in [-0.3, -0.25) is 4.68 Å². The molecule has 0 aliphatic carbocycles. The van der Waals surface area contributed by atoms with Crippen molar-refractivity contribution in [3.8, 4) is 0 Å². The molecule has 1 heterocycles. The van der Waals surface area contributed by atoms with Gasteiger partial charge >= 0.3 is 0 Å². The molecule has 0 saturated carbocycles. The quantitative estimate of drug-likeness (QED) is 0.779. The SMILES string of the molecule is CCC(C)CC(C)Nc1c(C(N)=S)c(C)nn1C. The molecule has 0 aliphatic heterocycles. The van der Waals surface area contributed by atoms with E-state index in [-0.39, 0.29) is 0 Å². The first-order valence-corrected chi connectivity index (χ1v) is 6.87. The molecule has 0 amide bonds. The number of hydrogen-bond acceptors (Lipinski definition) is 3. The van der Waals surface area contributed by atoms with Gasteiger partial charge in [-0.1, -0.05) is 32.5 Å². The predicted molar refractivity (Wildman–Crippen MR) is 81.0 cm³/mol. The van der Waals surface area contributed by atoms with E-state index < -0.39 is 0 Å². The van der Waals surface area contributed by atoms with Crippen molar-refractivity contribution in [1.29, 1.82) is 0 Å². The summed E-state index contributed by atoms with van der Waals surface area (Å²) in [5.41, 5.74) is 7.51. The molecule has 0 fully saturated rings. The van der Waals surface area contributed by atoms with Crippen LogP contribution < -0.4 is 11.1 Å². The fourth-order valence-electron chi connectivity index (χ4n) is 2.18. The van der Waals surface area contributed by atoms with Crippen LogP contribution >= 0.6 is 12.2 Å². The van der Waals surface area contributed by atoms with Crippen LogP contribution in [-0.4, -0.2) is 20.8 Å². The van der Waals surface area contributed by atoms with Gasteiger partial charge in [-0.25, -0.2) is 0 Å². The van der Waals surface area contributed by atoms with Gasteiger partial charge in [-0.2, -0.15) is 5.10 Å². The molecular formula is C13H24N4S. The standard InChI is InChI=1S/C13H24N4S/c1-6-8(2)7-9(3)15-13-11(12(14)18)10(4)16-17(13)5/h8-9,15H,6-7H2,1-5H3,(H2,14,18). The van der Waals surface area contributed by atoms with E-state index in [0.29, 0.717) is 16.9 Å². The zero-order chi connectivity index (χ0) is 13.9. The monoisotopic (exact) mass is 268 g/mol. The van der Waals surface area contributed by atoms with Gasteiger partial charge in [0.25, 0.3) is 0 Å². The van der Waals surface area contributed by atoms with Crippen molar-refractivity contribution in [2.75, 3.05) is 5.32 Å². The summed E-state index contributed by atoms with van der Waals surface area (Å²) in [6, 6.07) is 0.378. The molecule has 18 heavy (non-hydrogen) atoms. The molecule has 3 N–H and O–H groups in total. The zero-order valence-corrected chi connectivity index (χ0v) is 12.8. The molecule has 5 heteroatoms. The second-order valence-corrected chi connectivity index (χ2v) is 5.53. The number of nitrogens with zero attached hydrogens (tertiary/aromatic N) is 2. The van der Waals surface area contributed by atoms with E-state index in [9.17, 15) is 0 Å². The lowest BCUT2D eigenvalue weighted by molar-refractivity contribution is 0.482. The summed E-state index contributed by atoms with van der Waals surface area (Å²) in [7, 11) is 1.91. The van der Waals surface area contributed by atoms with Crippen molar-refractivity contribution in [2.45, 2.75) is 46.6 Å². The smallest absolute Gasteiger partial charge is 0.134 e. The third kappa shape index (κ3) is 3.45. The summed E-state index contributed by atoms with van der Waals surface area (Å²) in [5.74, 6) is 1.63. The number of nitrogens with one attached hydrogen (secondary N) is 1. The predicted octanol–water partition coefficient (Wildman–Crippen LogP) is 2.60. The molecule has 0 saturated heterocycles. The normalized spacial score (nSPS) is 14.3. The number of anilines is 1. The second-order valence-electron chi connectivity index (χ2n) is 5.09. The zero-order valence-electron chi connectivity index (χ0n) is 11.9. The molecule has 1 aromatic heterocycles. The van der Waals surface area contributed by atoms with Gasteiger partial charge in [0, 0.05) is 13.1 Å². The first-order chi connectivity index (χ1) is 8.36. The van der Waals surface area contributed by atoms with E-state index in [4.69, 9.17) is 18.0 Å². The van der Waals surface area contributed by atoms with Crippen LogP contribution in [0.15, 0.2) is 0 Å². The minimum atomic E-state index is 0.378. The topological polar surface area (TPSA) is 55.9 Å². The maximum absolute atomic E-state index is 5.77. The van der Waals surface area contributed by atoms with Crippen LogP contribution in [0, 0.1) is 12.8 Å². The van der Waals surface area contributed by atoms with E-state index in [0.717, 1.165) is 23.5 Å². The van der Waals surface area contributed by atoms with Crippen molar-refractivity contribution in [2.24, 2.45) is 18.7 Å².